The molecule has 0 spiro atoms. The second kappa shape index (κ2) is 9.06. The van der Waals surface area contributed by atoms with E-state index in [1.54, 1.807) is 0 Å². The maximum Gasteiger partial charge on any atom is 0.306 e. The van der Waals surface area contributed by atoms with E-state index in [0.717, 1.165) is 0 Å². The number of ether oxygens (including phenoxy) is 2. The average molecular weight is 316 g/mol. The minimum Gasteiger partial charge on any atom is -0.481 e. The van der Waals surface area contributed by atoms with Crippen molar-refractivity contribution in [1.29, 1.82) is 0 Å². The molecular weight excluding hydrogens is 300 g/mol. The fourth-order valence-corrected chi connectivity index (χ4v) is 0.848. The van der Waals surface area contributed by atoms with Crippen molar-refractivity contribution >= 4 is 19.8 Å². The van der Waals surface area contributed by atoms with Gasteiger partial charge in [-0.05, 0) is 5.60 Å². The van der Waals surface area contributed by atoms with Crippen LogP contribution in [0.3, 0.4) is 0 Å². The quantitative estimate of drug-likeness (QED) is 0.416. The fraction of sp³-hybridized carbons (Fsp3) is 0.600. The van der Waals surface area contributed by atoms with Crippen molar-refractivity contribution < 1.29 is 58.2 Å². The summed E-state index contributed by atoms with van der Waals surface area (Å²) in [7, 11) is 5.28. The Balaban J connectivity index is 0. The molecule has 0 heterocycles. The van der Waals surface area contributed by atoms with E-state index in [9.17, 15) is 9.59 Å². The predicted molar refractivity (Wildman–Crippen MR) is 57.6 cm³/mol. The topological polar surface area (TPSA) is 72.8 Å². The Morgan fingerprint density at radius 3 is 2.59 bits per heavy atom. The summed E-state index contributed by atoms with van der Waals surface area (Å²) in [4.78, 5) is 21.3. The Morgan fingerprint density at radius 2 is 2.18 bits per heavy atom. The molecule has 0 aliphatic heterocycles. The van der Waals surface area contributed by atoms with Crippen molar-refractivity contribution in [2.45, 2.75) is 31.3 Å². The fourth-order valence-electron chi connectivity index (χ4n) is 0.848. The summed E-state index contributed by atoms with van der Waals surface area (Å²) in [5.74, 6) is -1.77. The first-order chi connectivity index (χ1) is 7.79. The summed E-state index contributed by atoms with van der Waals surface area (Å²) < 4.78 is 17.0. The number of hydrogen-bond acceptors (Lipinski definition) is 4. The molecule has 0 rings (SSSR count). The Morgan fingerprint density at radius 1 is 1.59 bits per heavy atom. The van der Waals surface area contributed by atoms with E-state index in [0.29, 0.717) is 0 Å². The number of aliphatic carboxylic acids is 1. The van der Waals surface area contributed by atoms with Crippen LogP contribution in [0.1, 0.15) is 21.1 Å². The molecule has 0 saturated carbocycles. The Kier molecular flexibility index (Phi) is 9.10. The maximum absolute atomic E-state index is 11.1. The van der Waals surface area contributed by atoms with Gasteiger partial charge in [0.2, 0.25) is 0 Å². The molecule has 5 nitrogen and oxygen atoms in total. The van der Waals surface area contributed by atoms with Crippen LogP contribution in [-0.4, -0.2) is 43.1 Å². The molecular formula is C10H15BO5Y-2. The molecule has 0 saturated heterocycles. The van der Waals surface area contributed by atoms with E-state index in [-0.39, 0.29) is 59.1 Å². The first-order valence-electron chi connectivity index (χ1n) is 5.28. The third kappa shape index (κ3) is 12.3. The molecule has 0 bridgehead atoms. The van der Waals surface area contributed by atoms with Gasteiger partial charge < -0.3 is 28.4 Å². The van der Waals surface area contributed by atoms with E-state index in [4.69, 9.17) is 23.8 Å². The number of hydrogen-bond donors (Lipinski definition) is 1. The van der Waals surface area contributed by atoms with Crippen LogP contribution < -0.4 is 0 Å². The van der Waals surface area contributed by atoms with Gasteiger partial charge in [0.15, 0.2) is 0 Å². The molecule has 1 unspecified atom stereocenters. The van der Waals surface area contributed by atoms with E-state index in [1.165, 1.54) is 0 Å². The first-order valence-corrected chi connectivity index (χ1v) is 4.57. The van der Waals surface area contributed by atoms with Crippen molar-refractivity contribution in [3.63, 3.8) is 0 Å². The summed E-state index contributed by atoms with van der Waals surface area (Å²) in [6.07, 6.45) is -0.542. The molecule has 0 aromatic heterocycles. The van der Waals surface area contributed by atoms with Crippen LogP contribution in [0.2, 0.25) is 0 Å². The van der Waals surface area contributed by atoms with Crippen LogP contribution >= 0.6 is 0 Å². The molecule has 1 N–H and O–H groups in total. The number of carbonyl (C=O) groups excluding carboxylic acids is 1. The average Bonchev–Trinajstić information content (AvgIpc) is 2.22. The van der Waals surface area contributed by atoms with E-state index in [2.05, 4.69) is 13.8 Å². The molecule has 2 atom stereocenters. The van der Waals surface area contributed by atoms with Crippen molar-refractivity contribution in [3.05, 3.63) is 13.8 Å². The minimum absolute atomic E-state index is 0. The third-order valence-corrected chi connectivity index (χ3v) is 1.44. The molecule has 93 valence electrons. The van der Waals surface area contributed by atoms with Crippen LogP contribution in [0.4, 0.5) is 0 Å². The number of carboxylic acids is 1. The zero-order valence-corrected chi connectivity index (χ0v) is 12.4. The van der Waals surface area contributed by atoms with Gasteiger partial charge in [0.25, 0.3) is 0 Å². The van der Waals surface area contributed by atoms with Gasteiger partial charge in [-0.2, -0.15) is 0 Å². The molecule has 0 fully saturated rings. The minimum atomic E-state index is -1.28. The molecule has 0 aliphatic rings. The van der Waals surface area contributed by atoms with Gasteiger partial charge in [0, 0.05) is 34.1 Å². The van der Waals surface area contributed by atoms with Gasteiger partial charge in [-0.15, -0.1) is 6.00 Å². The van der Waals surface area contributed by atoms with Crippen LogP contribution in [0.15, 0.2) is 0 Å². The van der Waals surface area contributed by atoms with E-state index in [1.807, 2.05) is 0 Å². The summed E-state index contributed by atoms with van der Waals surface area (Å²) in [5.41, 5.74) is -1.28. The second-order valence-corrected chi connectivity index (χ2v) is 3.39. The van der Waals surface area contributed by atoms with Gasteiger partial charge in [0.05, 0.1) is 27.3 Å². The van der Waals surface area contributed by atoms with Crippen molar-refractivity contribution in [3.8, 4) is 0 Å². The van der Waals surface area contributed by atoms with Crippen molar-refractivity contribution in [2.24, 2.45) is 0 Å². The Hall–Kier alpha value is 0.0688. The summed E-state index contributed by atoms with van der Waals surface area (Å²) in [5, 5.41) is 8.36. The molecule has 3 radical (unpaired) electrons. The van der Waals surface area contributed by atoms with Gasteiger partial charge in [0.1, 0.15) is 0 Å². The van der Waals surface area contributed by atoms with Gasteiger partial charge in [-0.25, -0.2) is 0 Å². The molecule has 0 amide bonds. The van der Waals surface area contributed by atoms with Gasteiger partial charge in [-0.3, -0.25) is 9.59 Å². The van der Waals surface area contributed by atoms with Crippen molar-refractivity contribution in [2.75, 3.05) is 6.61 Å². The Bertz CT molecular complexity index is 277. The summed E-state index contributed by atoms with van der Waals surface area (Å²) in [6.45, 7) is 6.42. The van der Waals surface area contributed by atoms with Gasteiger partial charge >= 0.3 is 11.9 Å². The van der Waals surface area contributed by atoms with Gasteiger partial charge in [-0.1, -0.05) is 6.90 Å². The molecule has 0 aromatic rings. The van der Waals surface area contributed by atoms with Crippen LogP contribution in [0, 0.1) is 13.8 Å². The first kappa shape index (κ1) is 17.1. The maximum atomic E-state index is 11.1. The SMILES string of the molecule is [2H]CC([CH2-])(COC(=O)CCC(=O)O)O[C@@H]([B])[CH2-].[Y]. The second-order valence-electron chi connectivity index (χ2n) is 3.39. The number of esters is 1. The van der Waals surface area contributed by atoms with Crippen LogP contribution in [-0.2, 0) is 51.8 Å². The molecule has 0 aliphatic carbocycles. The van der Waals surface area contributed by atoms with E-state index >= 15 is 0 Å². The zero-order chi connectivity index (χ0) is 13.5. The standard InChI is InChI=1S/C10H15BO5.Y/c1-7(11)16-10(2,3)6-15-9(14)5-4-8(12)13;/h7H,1-2,4-6H2,3H3,(H,12,13);/q-2;/t7-,10?;/m1./s1/i3D;. The largest absolute Gasteiger partial charge is 0.481 e. The Labute approximate surface area is 129 Å². The normalized spacial score (nSPS) is 16.0. The third-order valence-electron chi connectivity index (χ3n) is 1.44. The molecule has 7 heteroatoms. The predicted octanol–water partition coefficient (Wildman–Crippen LogP) is 0.330. The zero-order valence-electron chi connectivity index (χ0n) is 10.6. The monoisotopic (exact) mass is 316 g/mol. The number of rotatable bonds is 7. The van der Waals surface area contributed by atoms with E-state index < -0.39 is 23.5 Å². The van der Waals surface area contributed by atoms with Crippen LogP contribution in [0.25, 0.3) is 0 Å². The molecule has 17 heavy (non-hydrogen) atoms. The number of carbonyl (C=O) groups is 2. The van der Waals surface area contributed by atoms with Crippen molar-refractivity contribution in [1.82, 2.24) is 0 Å². The molecule has 0 aromatic carbocycles. The summed E-state index contributed by atoms with van der Waals surface area (Å²) in [6, 6.07) is -0.879. The summed E-state index contributed by atoms with van der Waals surface area (Å²) >= 11 is 0. The smallest absolute Gasteiger partial charge is 0.306 e. The van der Waals surface area contributed by atoms with Crippen LogP contribution in [0.5, 0.6) is 0 Å². The number of carboxylic acid groups (broad SMARTS) is 1.